The van der Waals surface area contributed by atoms with Crippen molar-refractivity contribution < 1.29 is 18.0 Å². The molecule has 9 heteroatoms. The van der Waals surface area contributed by atoms with Gasteiger partial charge in [-0.3, -0.25) is 9.67 Å². The molecule has 0 saturated carbocycles. The molecule has 0 fully saturated rings. The topological polar surface area (TPSA) is 71.8 Å². The third kappa shape index (κ3) is 4.03. The van der Waals surface area contributed by atoms with Crippen LogP contribution in [0.1, 0.15) is 28.6 Å². The van der Waals surface area contributed by atoms with Crippen molar-refractivity contribution in [2.45, 2.75) is 32.6 Å². The van der Waals surface area contributed by atoms with Crippen LogP contribution in [0.5, 0.6) is 0 Å². The Hall–Kier alpha value is -2.58. The SMILES string of the molecule is Cc1nn(C)c(C)c1[C@H](NC(=O)NCc1cccnc1)C(F)(F)F. The summed E-state index contributed by atoms with van der Waals surface area (Å²) in [6.45, 7) is 3.09. The van der Waals surface area contributed by atoms with Gasteiger partial charge in [0.25, 0.3) is 0 Å². The molecule has 0 spiro atoms. The van der Waals surface area contributed by atoms with Crippen molar-refractivity contribution in [3.8, 4) is 0 Å². The van der Waals surface area contributed by atoms with Gasteiger partial charge in [-0.15, -0.1) is 0 Å². The summed E-state index contributed by atoms with van der Waals surface area (Å²) in [5, 5.41) is 8.37. The predicted molar refractivity (Wildman–Crippen MR) is 81.1 cm³/mol. The number of amides is 2. The van der Waals surface area contributed by atoms with Gasteiger partial charge in [-0.05, 0) is 25.5 Å². The van der Waals surface area contributed by atoms with E-state index in [0.29, 0.717) is 11.3 Å². The van der Waals surface area contributed by atoms with E-state index in [0.717, 1.165) is 0 Å². The molecule has 0 saturated heterocycles. The number of alkyl halides is 3. The quantitative estimate of drug-likeness (QED) is 0.898. The Morgan fingerprint density at radius 2 is 2.08 bits per heavy atom. The Kier molecular flexibility index (Phi) is 5.10. The highest BCUT2D eigenvalue weighted by atomic mass is 19.4. The van der Waals surface area contributed by atoms with E-state index < -0.39 is 18.2 Å². The molecule has 0 aliphatic heterocycles. The van der Waals surface area contributed by atoms with E-state index in [1.165, 1.54) is 24.7 Å². The number of halogens is 3. The molecule has 1 atom stereocenters. The van der Waals surface area contributed by atoms with Crippen LogP contribution in [0.3, 0.4) is 0 Å². The normalized spacial score (nSPS) is 12.8. The Labute approximate surface area is 137 Å². The van der Waals surface area contributed by atoms with Crippen molar-refractivity contribution >= 4 is 6.03 Å². The lowest BCUT2D eigenvalue weighted by molar-refractivity contribution is -0.155. The number of rotatable bonds is 4. The molecule has 0 radical (unpaired) electrons. The second-order valence-corrected chi connectivity index (χ2v) is 5.37. The number of urea groups is 1. The van der Waals surface area contributed by atoms with E-state index >= 15 is 0 Å². The maximum absolute atomic E-state index is 13.4. The highest BCUT2D eigenvalue weighted by Crippen LogP contribution is 2.35. The first-order chi connectivity index (χ1) is 11.2. The summed E-state index contributed by atoms with van der Waals surface area (Å²) in [5.41, 5.74) is 1.22. The number of pyridine rings is 1. The molecule has 2 rings (SSSR count). The van der Waals surface area contributed by atoms with Crippen molar-refractivity contribution in [3.63, 3.8) is 0 Å². The number of aromatic nitrogens is 3. The van der Waals surface area contributed by atoms with Gasteiger partial charge in [-0.2, -0.15) is 18.3 Å². The van der Waals surface area contributed by atoms with Gasteiger partial charge in [-0.25, -0.2) is 4.79 Å². The average Bonchev–Trinajstić information content (AvgIpc) is 2.76. The highest BCUT2D eigenvalue weighted by molar-refractivity contribution is 5.74. The summed E-state index contributed by atoms with van der Waals surface area (Å²) >= 11 is 0. The van der Waals surface area contributed by atoms with E-state index in [2.05, 4.69) is 15.4 Å². The zero-order valence-electron chi connectivity index (χ0n) is 13.5. The smallest absolute Gasteiger partial charge is 0.334 e. The van der Waals surface area contributed by atoms with Gasteiger partial charge in [0.05, 0.1) is 5.69 Å². The van der Waals surface area contributed by atoms with E-state index in [-0.39, 0.29) is 17.8 Å². The number of carbonyl (C=O) groups is 1. The fraction of sp³-hybridized carbons (Fsp3) is 0.400. The summed E-state index contributed by atoms with van der Waals surface area (Å²) in [6, 6.07) is 0.351. The minimum absolute atomic E-state index is 0.0403. The molecule has 2 amide bonds. The molecule has 130 valence electrons. The maximum atomic E-state index is 13.4. The molecule has 0 aromatic carbocycles. The van der Waals surface area contributed by atoms with Crippen molar-refractivity contribution in [2.75, 3.05) is 0 Å². The molecule has 2 aromatic heterocycles. The van der Waals surface area contributed by atoms with Crippen LogP contribution in [0.15, 0.2) is 24.5 Å². The van der Waals surface area contributed by atoms with Crippen LogP contribution in [-0.4, -0.2) is 27.0 Å². The van der Waals surface area contributed by atoms with Crippen LogP contribution in [0.25, 0.3) is 0 Å². The molecule has 0 aliphatic carbocycles. The number of carbonyl (C=O) groups excluding carboxylic acids is 1. The van der Waals surface area contributed by atoms with E-state index in [4.69, 9.17) is 0 Å². The van der Waals surface area contributed by atoms with Crippen molar-refractivity contribution in [1.82, 2.24) is 25.4 Å². The molecule has 2 aromatic rings. The van der Waals surface area contributed by atoms with Crippen LogP contribution in [0.4, 0.5) is 18.0 Å². The summed E-state index contributed by atoms with van der Waals surface area (Å²) in [6.07, 6.45) is -1.54. The van der Waals surface area contributed by atoms with E-state index in [1.54, 1.807) is 25.4 Å². The number of hydrogen-bond acceptors (Lipinski definition) is 3. The largest absolute Gasteiger partial charge is 0.413 e. The number of aryl methyl sites for hydroxylation is 2. The maximum Gasteiger partial charge on any atom is 0.413 e. The third-order valence-electron chi connectivity index (χ3n) is 3.63. The van der Waals surface area contributed by atoms with Crippen molar-refractivity contribution in [1.29, 1.82) is 0 Å². The molecule has 6 nitrogen and oxygen atoms in total. The second-order valence-electron chi connectivity index (χ2n) is 5.37. The van der Waals surface area contributed by atoms with E-state index in [1.807, 2.05) is 5.32 Å². The average molecular weight is 341 g/mol. The molecule has 2 N–H and O–H groups in total. The van der Waals surface area contributed by atoms with Gasteiger partial charge in [-0.1, -0.05) is 6.07 Å². The van der Waals surface area contributed by atoms with Crippen LogP contribution in [0.2, 0.25) is 0 Å². The standard InChI is InChI=1S/C15H18F3N5O/c1-9-12(10(2)23(3)22-9)13(15(16,17)18)21-14(24)20-8-11-5-4-6-19-7-11/h4-7,13H,8H2,1-3H3,(H2,20,21,24)/t13-/m0/s1. The zero-order valence-corrected chi connectivity index (χ0v) is 13.5. The van der Waals surface area contributed by atoms with Crippen LogP contribution < -0.4 is 10.6 Å². The second kappa shape index (κ2) is 6.90. The van der Waals surface area contributed by atoms with Crippen molar-refractivity contribution in [2.24, 2.45) is 7.05 Å². The fourth-order valence-electron chi connectivity index (χ4n) is 2.39. The van der Waals surface area contributed by atoms with Gasteiger partial charge in [0.1, 0.15) is 0 Å². The summed E-state index contributed by atoms with van der Waals surface area (Å²) < 4.78 is 41.6. The first kappa shape index (κ1) is 17.8. The lowest BCUT2D eigenvalue weighted by Gasteiger charge is -2.22. The Morgan fingerprint density at radius 1 is 1.38 bits per heavy atom. The number of hydrogen-bond donors (Lipinski definition) is 2. The first-order valence-electron chi connectivity index (χ1n) is 7.20. The summed E-state index contributed by atoms with van der Waals surface area (Å²) in [5.74, 6) is 0. The highest BCUT2D eigenvalue weighted by Gasteiger charge is 2.44. The monoisotopic (exact) mass is 341 g/mol. The van der Waals surface area contributed by atoms with Crippen LogP contribution in [-0.2, 0) is 13.6 Å². The third-order valence-corrected chi connectivity index (χ3v) is 3.63. The zero-order chi connectivity index (χ0) is 17.9. The van der Waals surface area contributed by atoms with Gasteiger partial charge in [0, 0.05) is 37.2 Å². The fourth-order valence-corrected chi connectivity index (χ4v) is 2.39. The van der Waals surface area contributed by atoms with Crippen LogP contribution >= 0.6 is 0 Å². The van der Waals surface area contributed by atoms with E-state index in [9.17, 15) is 18.0 Å². The molecule has 2 heterocycles. The minimum atomic E-state index is -4.63. The number of nitrogens with zero attached hydrogens (tertiary/aromatic N) is 3. The molecular weight excluding hydrogens is 323 g/mol. The van der Waals surface area contributed by atoms with Crippen molar-refractivity contribution in [3.05, 3.63) is 47.0 Å². The Balaban J connectivity index is 2.13. The van der Waals surface area contributed by atoms with Crippen LogP contribution in [0, 0.1) is 13.8 Å². The molecule has 0 unspecified atom stereocenters. The lowest BCUT2D eigenvalue weighted by atomic mass is 10.0. The number of nitrogens with one attached hydrogen (secondary N) is 2. The minimum Gasteiger partial charge on any atom is -0.334 e. The predicted octanol–water partition coefficient (Wildman–Crippen LogP) is 2.53. The molecule has 0 aliphatic rings. The van der Waals surface area contributed by atoms with Gasteiger partial charge < -0.3 is 10.6 Å². The summed E-state index contributed by atoms with van der Waals surface area (Å²) in [7, 11) is 1.56. The first-order valence-corrected chi connectivity index (χ1v) is 7.20. The Morgan fingerprint density at radius 3 is 2.58 bits per heavy atom. The Bertz CT molecular complexity index is 712. The van der Waals surface area contributed by atoms with Gasteiger partial charge in [0.15, 0.2) is 6.04 Å². The van der Waals surface area contributed by atoms with Gasteiger partial charge in [0.2, 0.25) is 0 Å². The molecular formula is C15H18F3N5O. The molecule has 0 bridgehead atoms. The summed E-state index contributed by atoms with van der Waals surface area (Å²) in [4.78, 5) is 15.8. The molecule has 24 heavy (non-hydrogen) atoms. The van der Waals surface area contributed by atoms with Gasteiger partial charge >= 0.3 is 12.2 Å². The lowest BCUT2D eigenvalue weighted by Crippen LogP contribution is -2.43.